The van der Waals surface area contributed by atoms with E-state index in [2.05, 4.69) is 12.2 Å². The van der Waals surface area contributed by atoms with Crippen LogP contribution in [0.5, 0.6) is 0 Å². The Labute approximate surface area is 215 Å². The number of aromatic nitrogens is 4. The molecule has 0 radical (unpaired) electrons. The Morgan fingerprint density at radius 1 is 0.946 bits per heavy atom. The van der Waals surface area contributed by atoms with Crippen molar-refractivity contribution in [1.82, 2.24) is 19.6 Å². The number of carbonyl (C=O) groups is 2. The number of imidazole rings is 1. The SMILES string of the molecule is CCCCNc1c(-c2ccccc2C(=O)OC)nc2nc(/C=C/c3ccccc3C(=O)OC)c(C)nn12. The van der Waals surface area contributed by atoms with Gasteiger partial charge in [-0.05, 0) is 37.1 Å². The van der Waals surface area contributed by atoms with Gasteiger partial charge < -0.3 is 14.8 Å². The van der Waals surface area contributed by atoms with E-state index in [4.69, 9.17) is 24.5 Å². The minimum atomic E-state index is -0.447. The molecule has 0 amide bonds. The first-order valence-electron chi connectivity index (χ1n) is 12.0. The molecule has 0 aliphatic heterocycles. The number of nitrogens with one attached hydrogen (secondary N) is 1. The highest BCUT2D eigenvalue weighted by Crippen LogP contribution is 2.31. The maximum atomic E-state index is 12.5. The van der Waals surface area contributed by atoms with Gasteiger partial charge in [0.05, 0.1) is 36.7 Å². The van der Waals surface area contributed by atoms with Crippen LogP contribution < -0.4 is 5.32 Å². The zero-order valence-corrected chi connectivity index (χ0v) is 21.3. The number of ether oxygens (including phenoxy) is 2. The van der Waals surface area contributed by atoms with Crippen LogP contribution in [0.3, 0.4) is 0 Å². The molecule has 9 heteroatoms. The third-order valence-corrected chi connectivity index (χ3v) is 5.88. The van der Waals surface area contributed by atoms with Crippen molar-refractivity contribution in [3.63, 3.8) is 0 Å². The fourth-order valence-electron chi connectivity index (χ4n) is 3.93. The maximum Gasteiger partial charge on any atom is 0.338 e. The van der Waals surface area contributed by atoms with E-state index in [0.29, 0.717) is 57.5 Å². The van der Waals surface area contributed by atoms with Gasteiger partial charge >= 0.3 is 11.9 Å². The van der Waals surface area contributed by atoms with Gasteiger partial charge in [0.15, 0.2) is 5.82 Å². The second-order valence-corrected chi connectivity index (χ2v) is 8.33. The average molecular weight is 500 g/mol. The number of nitrogens with zero attached hydrogens (tertiary/aromatic N) is 4. The molecular weight excluding hydrogens is 470 g/mol. The van der Waals surface area contributed by atoms with Crippen LogP contribution in [0.25, 0.3) is 29.2 Å². The molecule has 2 aromatic carbocycles. The molecule has 2 aromatic heterocycles. The van der Waals surface area contributed by atoms with E-state index in [0.717, 1.165) is 12.8 Å². The van der Waals surface area contributed by atoms with Gasteiger partial charge in [-0.1, -0.05) is 55.8 Å². The predicted octanol–water partition coefficient (Wildman–Crippen LogP) is 5.06. The summed E-state index contributed by atoms with van der Waals surface area (Å²) in [6, 6.07) is 14.3. The number of unbranched alkanes of at least 4 members (excludes halogenated alkanes) is 1. The number of anilines is 1. The molecule has 0 bridgehead atoms. The lowest BCUT2D eigenvalue weighted by atomic mass is 10.0. The normalized spacial score (nSPS) is 11.1. The number of aryl methyl sites for hydroxylation is 1. The predicted molar refractivity (Wildman–Crippen MR) is 142 cm³/mol. The summed E-state index contributed by atoms with van der Waals surface area (Å²) in [5.41, 5.74) is 4.03. The first-order chi connectivity index (χ1) is 18.0. The van der Waals surface area contributed by atoms with Crippen molar-refractivity contribution in [2.45, 2.75) is 26.7 Å². The third kappa shape index (κ3) is 5.35. The number of fused-ring (bicyclic) bond motifs is 1. The number of rotatable bonds is 9. The van der Waals surface area contributed by atoms with Crippen molar-refractivity contribution in [3.05, 3.63) is 76.6 Å². The summed E-state index contributed by atoms with van der Waals surface area (Å²) in [5, 5.41) is 8.18. The van der Waals surface area contributed by atoms with E-state index in [9.17, 15) is 9.59 Å². The Bertz CT molecular complexity index is 1470. The van der Waals surface area contributed by atoms with Gasteiger partial charge in [-0.25, -0.2) is 19.6 Å². The lowest BCUT2D eigenvalue weighted by molar-refractivity contribution is 0.0592. The number of hydrogen-bond donors (Lipinski definition) is 1. The summed E-state index contributed by atoms with van der Waals surface area (Å²) in [4.78, 5) is 34.1. The van der Waals surface area contributed by atoms with Gasteiger partial charge in [-0.15, -0.1) is 0 Å². The molecule has 4 rings (SSSR count). The summed E-state index contributed by atoms with van der Waals surface area (Å²) < 4.78 is 11.5. The summed E-state index contributed by atoms with van der Waals surface area (Å²) in [5.74, 6) is 0.169. The molecule has 190 valence electrons. The van der Waals surface area contributed by atoms with E-state index >= 15 is 0 Å². The van der Waals surface area contributed by atoms with Gasteiger partial charge in [0.2, 0.25) is 0 Å². The first kappa shape index (κ1) is 25.6. The summed E-state index contributed by atoms with van der Waals surface area (Å²) in [7, 11) is 2.71. The molecule has 0 fully saturated rings. The highest BCUT2D eigenvalue weighted by Gasteiger charge is 2.22. The molecule has 0 aliphatic rings. The lowest BCUT2D eigenvalue weighted by Crippen LogP contribution is -2.09. The molecule has 0 aliphatic carbocycles. The fraction of sp³-hybridized carbons (Fsp3) is 0.250. The molecule has 9 nitrogen and oxygen atoms in total. The van der Waals surface area contributed by atoms with E-state index in [-0.39, 0.29) is 0 Å². The van der Waals surface area contributed by atoms with Gasteiger partial charge in [0.1, 0.15) is 5.69 Å². The van der Waals surface area contributed by atoms with Gasteiger partial charge in [0.25, 0.3) is 5.78 Å². The van der Waals surface area contributed by atoms with E-state index in [1.54, 1.807) is 40.9 Å². The molecule has 0 atom stereocenters. The Kier molecular flexibility index (Phi) is 7.92. The molecule has 37 heavy (non-hydrogen) atoms. The van der Waals surface area contributed by atoms with Crippen molar-refractivity contribution >= 4 is 35.7 Å². The number of esters is 2. The number of benzene rings is 2. The number of carbonyl (C=O) groups excluding carboxylic acids is 2. The molecule has 1 N–H and O–H groups in total. The van der Waals surface area contributed by atoms with Crippen LogP contribution >= 0.6 is 0 Å². The van der Waals surface area contributed by atoms with Gasteiger partial charge in [0, 0.05) is 12.1 Å². The van der Waals surface area contributed by atoms with Gasteiger partial charge in [-0.2, -0.15) is 9.61 Å². The summed E-state index contributed by atoms with van der Waals surface area (Å²) >= 11 is 0. The highest BCUT2D eigenvalue weighted by molar-refractivity contribution is 5.98. The van der Waals surface area contributed by atoms with Crippen molar-refractivity contribution in [2.75, 3.05) is 26.1 Å². The zero-order chi connectivity index (χ0) is 26.4. The molecule has 0 unspecified atom stereocenters. The standard InChI is InChI=1S/C28H29N5O4/c1-5-6-17-29-25-24(21-13-9-10-14-22(21)27(35)37-4)31-28-30-23(18(2)32-33(25)28)16-15-19-11-7-8-12-20(19)26(34)36-3/h7-16,29H,5-6,17H2,1-4H3/b16-15+. The Hall–Kier alpha value is -4.53. The van der Waals surface area contributed by atoms with Crippen LogP contribution in [0.2, 0.25) is 0 Å². The van der Waals surface area contributed by atoms with Crippen LogP contribution in [-0.4, -0.2) is 52.3 Å². The van der Waals surface area contributed by atoms with Crippen LogP contribution in [0.1, 0.15) is 57.4 Å². The fourth-order valence-corrected chi connectivity index (χ4v) is 3.93. The van der Waals surface area contributed by atoms with Crippen molar-refractivity contribution < 1.29 is 19.1 Å². The first-order valence-corrected chi connectivity index (χ1v) is 12.0. The summed E-state index contributed by atoms with van der Waals surface area (Å²) in [6.07, 6.45) is 5.57. The van der Waals surface area contributed by atoms with Gasteiger partial charge in [-0.3, -0.25) is 0 Å². The Morgan fingerprint density at radius 2 is 1.62 bits per heavy atom. The lowest BCUT2D eigenvalue weighted by Gasteiger charge is -2.10. The maximum absolute atomic E-state index is 12.5. The van der Waals surface area contributed by atoms with E-state index in [1.165, 1.54) is 14.2 Å². The number of methoxy groups -OCH3 is 2. The topological polar surface area (TPSA) is 108 Å². The van der Waals surface area contributed by atoms with Crippen molar-refractivity contribution in [3.8, 4) is 11.3 Å². The van der Waals surface area contributed by atoms with Crippen molar-refractivity contribution in [2.24, 2.45) is 0 Å². The second kappa shape index (κ2) is 11.5. The molecular formula is C28H29N5O4. The third-order valence-electron chi connectivity index (χ3n) is 5.88. The quantitative estimate of drug-likeness (QED) is 0.252. The highest BCUT2D eigenvalue weighted by atomic mass is 16.5. The minimum Gasteiger partial charge on any atom is -0.465 e. The zero-order valence-electron chi connectivity index (χ0n) is 21.3. The number of hydrogen-bond acceptors (Lipinski definition) is 8. The monoisotopic (exact) mass is 499 g/mol. The van der Waals surface area contributed by atoms with Crippen LogP contribution in [0.4, 0.5) is 5.82 Å². The Balaban J connectivity index is 1.82. The van der Waals surface area contributed by atoms with Crippen LogP contribution in [-0.2, 0) is 9.47 Å². The van der Waals surface area contributed by atoms with E-state index < -0.39 is 11.9 Å². The summed E-state index contributed by atoms with van der Waals surface area (Å²) in [6.45, 7) is 4.69. The molecule has 4 aromatic rings. The Morgan fingerprint density at radius 3 is 2.35 bits per heavy atom. The molecule has 2 heterocycles. The van der Waals surface area contributed by atoms with Crippen molar-refractivity contribution in [1.29, 1.82) is 0 Å². The second-order valence-electron chi connectivity index (χ2n) is 8.33. The van der Waals surface area contributed by atoms with Crippen LogP contribution in [0.15, 0.2) is 48.5 Å². The van der Waals surface area contributed by atoms with Crippen LogP contribution in [0, 0.1) is 6.92 Å². The smallest absolute Gasteiger partial charge is 0.338 e. The average Bonchev–Trinajstić information content (AvgIpc) is 3.28. The molecule has 0 saturated heterocycles. The minimum absolute atomic E-state index is 0.375. The molecule has 0 spiro atoms. The largest absolute Gasteiger partial charge is 0.465 e. The molecule has 0 saturated carbocycles. The van der Waals surface area contributed by atoms with E-state index in [1.807, 2.05) is 31.2 Å².